The number of rotatable bonds is 6. The van der Waals surface area contributed by atoms with Crippen molar-refractivity contribution in [1.82, 2.24) is 15.2 Å². The van der Waals surface area contributed by atoms with E-state index >= 15 is 0 Å². The number of anilines is 2. The Balaban J connectivity index is 1.39. The topological polar surface area (TPSA) is 100 Å². The minimum atomic E-state index is -0.461. The largest absolute Gasteiger partial charge is 0.505 e. The molecule has 0 atom stereocenters. The Morgan fingerprint density at radius 2 is 1.82 bits per heavy atom. The quantitative estimate of drug-likeness (QED) is 0.463. The average molecular weight is 391 g/mol. The number of phenols is 1. The van der Waals surface area contributed by atoms with Crippen LogP contribution >= 0.6 is 11.3 Å². The molecule has 0 bridgehead atoms. The summed E-state index contributed by atoms with van der Waals surface area (Å²) in [6, 6.07) is 17.0. The van der Waals surface area contributed by atoms with Crippen LogP contribution in [-0.4, -0.2) is 32.7 Å². The first kappa shape index (κ1) is 17.9. The lowest BCUT2D eigenvalue weighted by Crippen LogP contribution is -2.12. The molecule has 0 aliphatic rings. The van der Waals surface area contributed by atoms with Crippen molar-refractivity contribution in [1.29, 1.82) is 0 Å². The Labute approximate surface area is 165 Å². The molecule has 0 saturated heterocycles. The van der Waals surface area contributed by atoms with Gasteiger partial charge >= 0.3 is 0 Å². The summed E-state index contributed by atoms with van der Waals surface area (Å²) in [5.41, 5.74) is 1.75. The van der Waals surface area contributed by atoms with E-state index in [0.29, 0.717) is 22.3 Å². The highest BCUT2D eigenvalue weighted by atomic mass is 32.1. The van der Waals surface area contributed by atoms with Gasteiger partial charge in [-0.15, -0.1) is 10.2 Å². The van der Waals surface area contributed by atoms with Gasteiger partial charge in [0.15, 0.2) is 5.75 Å². The van der Waals surface area contributed by atoms with Gasteiger partial charge in [0.05, 0.1) is 5.56 Å². The summed E-state index contributed by atoms with van der Waals surface area (Å²) in [6.07, 6.45) is 2.43. The van der Waals surface area contributed by atoms with Crippen LogP contribution in [-0.2, 0) is 6.42 Å². The van der Waals surface area contributed by atoms with Crippen molar-refractivity contribution < 1.29 is 9.90 Å². The first-order chi connectivity index (χ1) is 13.7. The molecule has 28 heavy (non-hydrogen) atoms. The van der Waals surface area contributed by atoms with Crippen LogP contribution in [0.5, 0.6) is 5.75 Å². The number of hydrogen-bond donors (Lipinski definition) is 3. The molecule has 0 saturated carbocycles. The number of carbonyl (C=O) groups excluding carboxylic acids is 1. The summed E-state index contributed by atoms with van der Waals surface area (Å²) in [5.74, 6) is -0.613. The van der Waals surface area contributed by atoms with Crippen molar-refractivity contribution in [2.75, 3.05) is 17.2 Å². The fourth-order valence-corrected chi connectivity index (χ4v) is 3.45. The van der Waals surface area contributed by atoms with Crippen molar-refractivity contribution in [3.63, 3.8) is 0 Å². The van der Waals surface area contributed by atoms with E-state index in [9.17, 15) is 9.90 Å². The maximum Gasteiger partial charge on any atom is 0.261 e. The van der Waals surface area contributed by atoms with Gasteiger partial charge in [-0.25, -0.2) is 0 Å². The fourth-order valence-electron chi connectivity index (χ4n) is 2.78. The zero-order valence-corrected chi connectivity index (χ0v) is 15.6. The molecule has 0 aliphatic heterocycles. The van der Waals surface area contributed by atoms with Gasteiger partial charge < -0.3 is 10.4 Å². The van der Waals surface area contributed by atoms with Crippen molar-refractivity contribution in [3.05, 3.63) is 71.9 Å². The zero-order chi connectivity index (χ0) is 19.3. The molecule has 1 amide bonds. The van der Waals surface area contributed by atoms with E-state index in [0.717, 1.165) is 11.8 Å². The smallest absolute Gasteiger partial charge is 0.261 e. The number of carbonyl (C=O) groups is 1. The highest BCUT2D eigenvalue weighted by molar-refractivity contribution is 7.19. The van der Waals surface area contributed by atoms with Crippen molar-refractivity contribution in [2.45, 2.75) is 6.42 Å². The van der Waals surface area contributed by atoms with E-state index in [-0.39, 0.29) is 11.3 Å². The monoisotopic (exact) mass is 391 g/mol. The fraction of sp³-hybridized carbons (Fsp3) is 0.100. The Bertz CT molecular complexity index is 1110. The van der Waals surface area contributed by atoms with E-state index in [1.165, 1.54) is 16.9 Å². The molecule has 4 rings (SSSR count). The van der Waals surface area contributed by atoms with E-state index in [1.54, 1.807) is 24.4 Å². The standard InChI is InChI=1S/C20H17N5O2S/c26-17-15(9-8-14-7-4-11-21-16(14)17)18(27)23-20-25-24-19(28-20)22-12-10-13-5-2-1-3-6-13/h1-9,11,26H,10,12H2,(H,22,24)(H,23,25,27). The third-order valence-corrected chi connectivity index (χ3v) is 4.97. The van der Waals surface area contributed by atoms with Crippen LogP contribution in [0.25, 0.3) is 10.9 Å². The lowest BCUT2D eigenvalue weighted by molar-refractivity contribution is 0.102. The second-order valence-electron chi connectivity index (χ2n) is 6.07. The van der Waals surface area contributed by atoms with Gasteiger partial charge in [-0.1, -0.05) is 53.8 Å². The molecule has 0 aliphatic carbocycles. The predicted molar refractivity (Wildman–Crippen MR) is 110 cm³/mol. The van der Waals surface area contributed by atoms with Gasteiger partial charge in [0, 0.05) is 18.1 Å². The molecule has 0 radical (unpaired) electrons. The summed E-state index contributed by atoms with van der Waals surface area (Å²) in [5, 5.41) is 26.0. The molecule has 3 N–H and O–H groups in total. The number of benzene rings is 2. The molecule has 0 unspecified atom stereocenters. The van der Waals surface area contributed by atoms with Crippen molar-refractivity contribution in [2.24, 2.45) is 0 Å². The number of hydrogen-bond acceptors (Lipinski definition) is 7. The Hall–Kier alpha value is -3.52. The minimum absolute atomic E-state index is 0.139. The van der Waals surface area contributed by atoms with Crippen LogP contribution in [0.15, 0.2) is 60.8 Å². The molecule has 140 valence electrons. The summed E-state index contributed by atoms with van der Waals surface area (Å²) < 4.78 is 0. The molecule has 4 aromatic rings. The number of pyridine rings is 1. The maximum atomic E-state index is 12.5. The van der Waals surface area contributed by atoms with Gasteiger partial charge in [0.1, 0.15) is 5.52 Å². The first-order valence-electron chi connectivity index (χ1n) is 8.70. The van der Waals surface area contributed by atoms with Gasteiger partial charge in [-0.2, -0.15) is 0 Å². The van der Waals surface area contributed by atoms with Crippen LogP contribution in [0.2, 0.25) is 0 Å². The summed E-state index contributed by atoms with van der Waals surface area (Å²) in [4.78, 5) is 16.6. The van der Waals surface area contributed by atoms with Crippen LogP contribution in [0.3, 0.4) is 0 Å². The normalized spacial score (nSPS) is 10.7. The second-order valence-corrected chi connectivity index (χ2v) is 7.04. The van der Waals surface area contributed by atoms with Crippen LogP contribution in [0, 0.1) is 0 Å². The highest BCUT2D eigenvalue weighted by Crippen LogP contribution is 2.28. The molecule has 0 spiro atoms. The van der Waals surface area contributed by atoms with Gasteiger partial charge in [0.2, 0.25) is 10.3 Å². The number of aromatic hydroxyl groups is 1. The van der Waals surface area contributed by atoms with E-state index < -0.39 is 5.91 Å². The highest BCUT2D eigenvalue weighted by Gasteiger charge is 2.16. The first-order valence-corrected chi connectivity index (χ1v) is 9.52. The molecule has 2 aromatic heterocycles. The number of nitrogens with zero attached hydrogens (tertiary/aromatic N) is 3. The van der Waals surface area contributed by atoms with Gasteiger partial charge in [-0.05, 0) is 24.1 Å². The van der Waals surface area contributed by atoms with Crippen LogP contribution in [0.1, 0.15) is 15.9 Å². The number of nitrogens with one attached hydrogen (secondary N) is 2. The molecule has 8 heteroatoms. The molecule has 2 aromatic carbocycles. The molecule has 7 nitrogen and oxygen atoms in total. The summed E-state index contributed by atoms with van der Waals surface area (Å²) in [6.45, 7) is 0.712. The van der Waals surface area contributed by atoms with E-state index in [1.807, 2.05) is 24.3 Å². The number of fused-ring (bicyclic) bond motifs is 1. The SMILES string of the molecule is O=C(Nc1nnc(NCCc2ccccc2)s1)c1ccc2cccnc2c1O. The number of aromatic nitrogens is 3. The Morgan fingerprint density at radius 1 is 1.00 bits per heavy atom. The lowest BCUT2D eigenvalue weighted by Gasteiger charge is -2.06. The predicted octanol–water partition coefficient (Wildman–Crippen LogP) is 3.70. The third kappa shape index (κ3) is 3.91. The van der Waals surface area contributed by atoms with E-state index in [2.05, 4.69) is 37.9 Å². The second kappa shape index (κ2) is 8.01. The maximum absolute atomic E-state index is 12.5. The zero-order valence-electron chi connectivity index (χ0n) is 14.8. The van der Waals surface area contributed by atoms with Gasteiger partial charge in [-0.3, -0.25) is 15.1 Å². The van der Waals surface area contributed by atoms with Crippen LogP contribution in [0.4, 0.5) is 10.3 Å². The molecular weight excluding hydrogens is 374 g/mol. The molecule has 2 heterocycles. The molecular formula is C20H17N5O2S. The number of phenolic OH excluding ortho intramolecular Hbond substituents is 1. The van der Waals surface area contributed by atoms with Gasteiger partial charge in [0.25, 0.3) is 5.91 Å². The van der Waals surface area contributed by atoms with Crippen LogP contribution < -0.4 is 10.6 Å². The summed E-state index contributed by atoms with van der Waals surface area (Å²) in [7, 11) is 0. The Morgan fingerprint density at radius 3 is 2.68 bits per heavy atom. The lowest BCUT2D eigenvalue weighted by atomic mass is 10.1. The van der Waals surface area contributed by atoms with Crippen molar-refractivity contribution >= 4 is 38.4 Å². The van der Waals surface area contributed by atoms with Crippen molar-refractivity contribution in [3.8, 4) is 5.75 Å². The third-order valence-electron chi connectivity index (χ3n) is 4.17. The number of amides is 1. The Kier molecular flexibility index (Phi) is 5.11. The minimum Gasteiger partial charge on any atom is -0.505 e. The average Bonchev–Trinajstić information content (AvgIpc) is 3.16. The van der Waals surface area contributed by atoms with E-state index in [4.69, 9.17) is 0 Å². The molecule has 0 fully saturated rings. The summed E-state index contributed by atoms with van der Waals surface area (Å²) >= 11 is 1.24.